The van der Waals surface area contributed by atoms with Gasteiger partial charge in [0.1, 0.15) is 5.02 Å². The molecule has 1 aliphatic rings. The third-order valence-corrected chi connectivity index (χ3v) is 6.53. The Morgan fingerprint density at radius 2 is 2.00 bits per heavy atom. The van der Waals surface area contributed by atoms with Crippen LogP contribution < -0.4 is 15.9 Å². The van der Waals surface area contributed by atoms with Crippen molar-refractivity contribution < 1.29 is 18.3 Å². The van der Waals surface area contributed by atoms with Gasteiger partial charge in [0.25, 0.3) is 0 Å². The zero-order valence-corrected chi connectivity index (χ0v) is 20.5. The van der Waals surface area contributed by atoms with Crippen LogP contribution in [0.25, 0.3) is 11.0 Å². The number of anilines is 3. The normalized spacial score (nSPS) is 17.3. The molecule has 1 aromatic carbocycles. The number of fused-ring (bicyclic) bond motifs is 1. The molecule has 4 rings (SSSR count). The van der Waals surface area contributed by atoms with Gasteiger partial charge in [0, 0.05) is 32.4 Å². The van der Waals surface area contributed by atoms with E-state index in [4.69, 9.17) is 11.6 Å². The van der Waals surface area contributed by atoms with Gasteiger partial charge in [0.05, 0.1) is 28.7 Å². The fourth-order valence-electron chi connectivity index (χ4n) is 4.25. The maximum atomic E-state index is 13.2. The summed E-state index contributed by atoms with van der Waals surface area (Å²) in [6.45, 7) is 3.93. The number of halogens is 4. The number of aliphatic hydroxyl groups is 1. The molecule has 2 aromatic heterocycles. The maximum Gasteiger partial charge on any atom is 0.393 e. The molecule has 0 aliphatic carbocycles. The van der Waals surface area contributed by atoms with Crippen LogP contribution >= 0.6 is 11.6 Å². The average Bonchev–Trinajstić information content (AvgIpc) is 3.02. The molecule has 1 fully saturated rings. The molecule has 0 radical (unpaired) electrons. The van der Waals surface area contributed by atoms with E-state index in [-0.39, 0.29) is 35.4 Å². The van der Waals surface area contributed by atoms with Crippen molar-refractivity contribution in [2.75, 3.05) is 23.3 Å². The van der Waals surface area contributed by atoms with Gasteiger partial charge in [0.15, 0.2) is 5.82 Å². The molecular weight excluding hydrogens is 485 g/mol. The molecule has 0 saturated carbocycles. The Labute approximate surface area is 205 Å². The summed E-state index contributed by atoms with van der Waals surface area (Å²) < 4.78 is 42.8. The van der Waals surface area contributed by atoms with E-state index in [0.29, 0.717) is 37.1 Å². The van der Waals surface area contributed by atoms with E-state index in [0.717, 1.165) is 5.52 Å². The van der Waals surface area contributed by atoms with Gasteiger partial charge >= 0.3 is 11.9 Å². The monoisotopic (exact) mass is 512 g/mol. The number of alkyl halides is 3. The van der Waals surface area contributed by atoms with Crippen molar-refractivity contribution in [3.05, 3.63) is 39.9 Å². The van der Waals surface area contributed by atoms with Gasteiger partial charge in [-0.05, 0) is 51.3 Å². The highest BCUT2D eigenvalue weighted by Crippen LogP contribution is 2.35. The molecule has 1 atom stereocenters. The Bertz CT molecular complexity index is 1280. The van der Waals surface area contributed by atoms with Crippen molar-refractivity contribution in [1.29, 1.82) is 0 Å². The first-order chi connectivity index (χ1) is 16.3. The van der Waals surface area contributed by atoms with E-state index in [2.05, 4.69) is 15.3 Å². The van der Waals surface area contributed by atoms with E-state index in [1.165, 1.54) is 15.7 Å². The van der Waals surface area contributed by atoms with Crippen molar-refractivity contribution in [2.45, 2.75) is 51.4 Å². The van der Waals surface area contributed by atoms with Crippen LogP contribution in [0.4, 0.5) is 30.6 Å². The predicted octanol–water partition coefficient (Wildman–Crippen LogP) is 4.47. The molecule has 190 valence electrons. The second-order valence-corrected chi connectivity index (χ2v) is 9.98. The van der Waals surface area contributed by atoms with Crippen molar-refractivity contribution >= 4 is 40.1 Å². The highest BCUT2D eigenvalue weighted by molar-refractivity contribution is 6.32. The summed E-state index contributed by atoms with van der Waals surface area (Å²) in [5.41, 5.74) is 0.854. The molecule has 35 heavy (non-hydrogen) atoms. The van der Waals surface area contributed by atoms with Crippen LogP contribution in [-0.2, 0) is 13.6 Å². The van der Waals surface area contributed by atoms with Crippen LogP contribution in [0, 0.1) is 5.92 Å². The lowest BCUT2D eigenvalue weighted by molar-refractivity contribution is -0.176. The first-order valence-corrected chi connectivity index (χ1v) is 11.7. The minimum atomic E-state index is -4.27. The van der Waals surface area contributed by atoms with Crippen LogP contribution in [0.5, 0.6) is 0 Å². The summed E-state index contributed by atoms with van der Waals surface area (Å²) >= 11 is 6.29. The predicted molar refractivity (Wildman–Crippen MR) is 129 cm³/mol. The standard InChI is InChI=1S/C23H28ClF3N6O2/c1-22(2,35)8-10-33-18-11-15(6-7-17(18)31(3)21(33)34)29-19-16(24)12-28-20(30-19)32-9-4-5-14(13-32)23(25,26)27/h6-7,11-12,14,35H,4-5,8-10,13H2,1-3H3,(H,28,29,30). The van der Waals surface area contributed by atoms with Crippen LogP contribution in [-0.4, -0.2) is 49.1 Å². The Hall–Kier alpha value is -2.79. The van der Waals surface area contributed by atoms with Gasteiger partial charge in [-0.25, -0.2) is 9.78 Å². The number of aromatic nitrogens is 4. The number of imidazole rings is 1. The Kier molecular flexibility index (Phi) is 6.76. The fourth-order valence-corrected chi connectivity index (χ4v) is 4.39. The Morgan fingerprint density at radius 3 is 2.69 bits per heavy atom. The summed E-state index contributed by atoms with van der Waals surface area (Å²) in [6, 6.07) is 5.33. The molecule has 0 amide bonds. The van der Waals surface area contributed by atoms with Gasteiger partial charge < -0.3 is 15.3 Å². The largest absolute Gasteiger partial charge is 0.393 e. The van der Waals surface area contributed by atoms with Gasteiger partial charge in [-0.15, -0.1) is 0 Å². The first-order valence-electron chi connectivity index (χ1n) is 11.4. The quantitative estimate of drug-likeness (QED) is 0.507. The number of aryl methyl sites for hydroxylation is 2. The SMILES string of the molecule is Cn1c(=O)n(CCC(C)(C)O)c2cc(Nc3nc(N4CCCC(C(F)(F)F)C4)ncc3Cl)ccc21. The van der Waals surface area contributed by atoms with Crippen molar-refractivity contribution in [1.82, 2.24) is 19.1 Å². The first kappa shape index (κ1) is 25.3. The van der Waals surface area contributed by atoms with E-state index in [9.17, 15) is 23.1 Å². The van der Waals surface area contributed by atoms with Crippen molar-refractivity contribution in [3.63, 3.8) is 0 Å². The summed E-state index contributed by atoms with van der Waals surface area (Å²) in [7, 11) is 1.68. The number of piperidine rings is 1. The van der Waals surface area contributed by atoms with Crippen molar-refractivity contribution in [3.8, 4) is 0 Å². The molecule has 3 aromatic rings. The highest BCUT2D eigenvalue weighted by Gasteiger charge is 2.42. The summed E-state index contributed by atoms with van der Waals surface area (Å²) in [5.74, 6) is -0.992. The lowest BCUT2D eigenvalue weighted by Gasteiger charge is -2.33. The molecule has 0 spiro atoms. The summed E-state index contributed by atoms with van der Waals surface area (Å²) in [5, 5.41) is 13.4. The van der Waals surface area contributed by atoms with Gasteiger partial charge in [-0.1, -0.05) is 11.6 Å². The van der Waals surface area contributed by atoms with E-state index in [1.54, 1.807) is 43.7 Å². The zero-order chi connectivity index (χ0) is 25.5. The molecule has 3 heterocycles. The van der Waals surface area contributed by atoms with Gasteiger partial charge in [-0.3, -0.25) is 9.13 Å². The second kappa shape index (κ2) is 9.34. The number of hydrogen-bond acceptors (Lipinski definition) is 6. The van der Waals surface area contributed by atoms with E-state index >= 15 is 0 Å². The second-order valence-electron chi connectivity index (χ2n) is 9.58. The minimum Gasteiger partial charge on any atom is -0.390 e. The number of hydrogen-bond donors (Lipinski definition) is 2. The Balaban J connectivity index is 1.62. The Morgan fingerprint density at radius 1 is 1.26 bits per heavy atom. The maximum absolute atomic E-state index is 13.2. The molecule has 2 N–H and O–H groups in total. The van der Waals surface area contributed by atoms with Crippen LogP contribution in [0.3, 0.4) is 0 Å². The van der Waals surface area contributed by atoms with Crippen LogP contribution in [0.15, 0.2) is 29.2 Å². The number of rotatable bonds is 6. The lowest BCUT2D eigenvalue weighted by Crippen LogP contribution is -2.42. The number of nitrogens with one attached hydrogen (secondary N) is 1. The van der Waals surface area contributed by atoms with Gasteiger partial charge in [-0.2, -0.15) is 18.2 Å². The highest BCUT2D eigenvalue weighted by atomic mass is 35.5. The molecule has 12 heteroatoms. The smallest absolute Gasteiger partial charge is 0.390 e. The van der Waals surface area contributed by atoms with Crippen LogP contribution in [0.1, 0.15) is 33.1 Å². The molecular formula is C23H28ClF3N6O2. The number of nitrogens with zero attached hydrogens (tertiary/aromatic N) is 5. The zero-order valence-electron chi connectivity index (χ0n) is 19.7. The number of benzene rings is 1. The van der Waals surface area contributed by atoms with E-state index in [1.807, 2.05) is 0 Å². The van der Waals surface area contributed by atoms with Crippen LogP contribution in [0.2, 0.25) is 5.02 Å². The fraction of sp³-hybridized carbons (Fsp3) is 0.522. The summed E-state index contributed by atoms with van der Waals surface area (Å²) in [4.78, 5) is 22.8. The molecule has 0 bridgehead atoms. The van der Waals surface area contributed by atoms with Crippen molar-refractivity contribution in [2.24, 2.45) is 13.0 Å². The van der Waals surface area contributed by atoms with E-state index < -0.39 is 17.7 Å². The third kappa shape index (κ3) is 5.56. The lowest BCUT2D eigenvalue weighted by atomic mass is 9.98. The molecule has 8 nitrogen and oxygen atoms in total. The molecule has 1 aliphatic heterocycles. The third-order valence-electron chi connectivity index (χ3n) is 6.25. The topological polar surface area (TPSA) is 88.2 Å². The molecule has 1 saturated heterocycles. The molecule has 1 unspecified atom stereocenters. The summed E-state index contributed by atoms with van der Waals surface area (Å²) in [6.07, 6.45) is -2.03. The minimum absolute atomic E-state index is 0.0882. The van der Waals surface area contributed by atoms with Gasteiger partial charge in [0.2, 0.25) is 5.95 Å². The average molecular weight is 513 g/mol.